The van der Waals surface area contributed by atoms with Gasteiger partial charge in [-0.25, -0.2) is 4.57 Å². The van der Waals surface area contributed by atoms with Gasteiger partial charge in [-0.15, -0.1) is 29.3 Å². The number of aromatic nitrogens is 3. The summed E-state index contributed by atoms with van der Waals surface area (Å²) in [5.74, 6) is 0. The van der Waals surface area contributed by atoms with Crippen molar-refractivity contribution in [2.75, 3.05) is 7.05 Å². The highest BCUT2D eigenvalue weighted by Gasteiger charge is 2.14. The molecule has 0 N–H and O–H groups in total. The molecule has 0 unspecified atom stereocenters. The number of likely N-dealkylation sites (N-methyl/N-ethyl adjacent to an activating group) is 1. The Hall–Kier alpha value is -3.23. The lowest BCUT2D eigenvalue weighted by Gasteiger charge is -2.16. The molecular weight excluding hydrogens is 440 g/mol. The Balaban J connectivity index is 2.15. The van der Waals surface area contributed by atoms with E-state index >= 15 is 0 Å². The second kappa shape index (κ2) is 9.10. The maximum absolute atomic E-state index is 13.4. The van der Waals surface area contributed by atoms with Crippen molar-refractivity contribution < 1.29 is 4.57 Å². The third-order valence-electron chi connectivity index (χ3n) is 5.27. The van der Waals surface area contributed by atoms with Crippen molar-refractivity contribution >= 4 is 34.4 Å². The first-order valence-electron chi connectivity index (χ1n) is 10.3. The molecule has 1 aliphatic rings. The lowest BCUT2D eigenvalue weighted by Crippen LogP contribution is -2.33. The molecule has 0 spiro atoms. The highest BCUT2D eigenvalue weighted by atomic mass is 32.1. The predicted molar refractivity (Wildman–Crippen MR) is 131 cm³/mol. The number of pyridine rings is 1. The minimum atomic E-state index is -0.109. The van der Waals surface area contributed by atoms with Crippen molar-refractivity contribution in [3.8, 4) is 0 Å². The molecule has 0 saturated heterocycles. The van der Waals surface area contributed by atoms with Crippen LogP contribution in [0.25, 0.3) is 11.8 Å². The first kappa shape index (κ1) is 22.0. The smallest absolute Gasteiger partial charge is 0.272 e. The molecule has 3 aromatic heterocycles. The SMILES string of the molecule is C=CCn1c(=O)/c(=C2\C=CC=CN2C)s/c1=c1\s/c(=C\c2cccc[n+]2C)n(CC)c1=O. The van der Waals surface area contributed by atoms with Gasteiger partial charge in [-0.1, -0.05) is 12.2 Å². The summed E-state index contributed by atoms with van der Waals surface area (Å²) in [7, 11) is 3.88. The molecule has 0 amide bonds. The lowest BCUT2D eigenvalue weighted by atomic mass is 10.3. The van der Waals surface area contributed by atoms with Gasteiger partial charge >= 0.3 is 0 Å². The van der Waals surface area contributed by atoms with Gasteiger partial charge in [-0.3, -0.25) is 18.7 Å². The molecule has 3 aromatic rings. The Morgan fingerprint density at radius 2 is 1.88 bits per heavy atom. The first-order valence-corrected chi connectivity index (χ1v) is 11.9. The zero-order valence-electron chi connectivity index (χ0n) is 18.3. The Morgan fingerprint density at radius 1 is 1.09 bits per heavy atom. The molecule has 0 atom stereocenters. The van der Waals surface area contributed by atoms with Crippen LogP contribution < -0.4 is 24.9 Å². The fraction of sp³-hybridized carbons (Fsp3) is 0.208. The fourth-order valence-corrected chi connectivity index (χ4v) is 6.09. The molecule has 32 heavy (non-hydrogen) atoms. The molecule has 0 aromatic carbocycles. The molecule has 0 aliphatic carbocycles. The van der Waals surface area contributed by atoms with Crippen LogP contribution in [0.4, 0.5) is 0 Å². The van der Waals surface area contributed by atoms with Gasteiger partial charge in [-0.05, 0) is 25.1 Å². The van der Waals surface area contributed by atoms with Gasteiger partial charge in [0.2, 0.25) is 5.69 Å². The van der Waals surface area contributed by atoms with E-state index in [1.54, 1.807) is 15.2 Å². The summed E-state index contributed by atoms with van der Waals surface area (Å²) in [6.07, 6.45) is 13.3. The van der Waals surface area contributed by atoms with Crippen molar-refractivity contribution in [3.05, 3.63) is 106 Å². The van der Waals surface area contributed by atoms with Crippen molar-refractivity contribution in [1.82, 2.24) is 14.0 Å². The Labute approximate surface area is 193 Å². The highest BCUT2D eigenvalue weighted by Crippen LogP contribution is 2.10. The van der Waals surface area contributed by atoms with Gasteiger partial charge < -0.3 is 4.90 Å². The quantitative estimate of drug-likeness (QED) is 0.432. The normalized spacial score (nSPS) is 16.7. The minimum Gasteiger partial charge on any atom is -0.350 e. The standard InChI is InChI=1S/C24H25N4O2S2/c1-5-13-28-22(29)20(18-12-8-10-15-26(18)4)32-24(28)21-23(30)27(6-2)19(31-21)16-17-11-7-9-14-25(17)3/h5,7-12,14-16H,1,6,13H2,2-4H3/q+1/b20-18-,24-21-. The van der Waals surface area contributed by atoms with Gasteiger partial charge in [0.25, 0.3) is 11.1 Å². The summed E-state index contributed by atoms with van der Waals surface area (Å²) in [6, 6.07) is 5.95. The maximum Gasteiger partial charge on any atom is 0.272 e. The number of allylic oxidation sites excluding steroid dienone is 3. The average Bonchev–Trinajstić information content (AvgIpc) is 3.26. The number of rotatable bonds is 4. The van der Waals surface area contributed by atoms with Crippen molar-refractivity contribution in [3.63, 3.8) is 0 Å². The zero-order chi connectivity index (χ0) is 22.8. The molecule has 4 rings (SSSR count). The van der Waals surface area contributed by atoms with Crippen LogP contribution in [-0.4, -0.2) is 21.1 Å². The molecule has 0 fully saturated rings. The molecule has 0 radical (unpaired) electrons. The Kier molecular flexibility index (Phi) is 6.25. The molecule has 0 saturated carbocycles. The topological polar surface area (TPSA) is 51.1 Å². The van der Waals surface area contributed by atoms with E-state index in [0.717, 1.165) is 16.1 Å². The summed E-state index contributed by atoms with van der Waals surface area (Å²) in [5.41, 5.74) is 1.63. The van der Waals surface area contributed by atoms with Crippen molar-refractivity contribution in [2.24, 2.45) is 7.05 Å². The summed E-state index contributed by atoms with van der Waals surface area (Å²) >= 11 is 2.78. The van der Waals surface area contributed by atoms with Gasteiger partial charge in [0.1, 0.15) is 25.4 Å². The van der Waals surface area contributed by atoms with Gasteiger partial charge in [0, 0.05) is 44.5 Å². The molecule has 0 bridgehead atoms. The van der Waals surface area contributed by atoms with Gasteiger partial charge in [0.15, 0.2) is 6.20 Å². The maximum atomic E-state index is 13.4. The van der Waals surface area contributed by atoms with Crippen molar-refractivity contribution in [1.29, 1.82) is 0 Å². The summed E-state index contributed by atoms with van der Waals surface area (Å²) in [6.45, 7) is 6.66. The second-order valence-corrected chi connectivity index (χ2v) is 9.37. The number of hydrogen-bond donors (Lipinski definition) is 0. The third-order valence-corrected chi connectivity index (χ3v) is 7.73. The average molecular weight is 466 g/mol. The number of nitrogens with zero attached hydrogens (tertiary/aromatic N) is 4. The number of thiazole rings is 2. The molecule has 6 nitrogen and oxygen atoms in total. The van der Waals surface area contributed by atoms with Crippen LogP contribution in [0.3, 0.4) is 0 Å². The van der Waals surface area contributed by atoms with E-state index in [0.29, 0.717) is 26.8 Å². The van der Waals surface area contributed by atoms with E-state index in [1.165, 1.54) is 22.7 Å². The van der Waals surface area contributed by atoms with Crippen LogP contribution in [0.15, 0.2) is 71.1 Å². The summed E-state index contributed by atoms with van der Waals surface area (Å²) < 4.78 is 8.13. The van der Waals surface area contributed by atoms with E-state index in [4.69, 9.17) is 0 Å². The molecule has 1 aliphatic heterocycles. The van der Waals surface area contributed by atoms with E-state index < -0.39 is 0 Å². The molecular formula is C24H25N4O2S2+. The third kappa shape index (κ3) is 3.87. The second-order valence-electron chi connectivity index (χ2n) is 7.34. The Bertz CT molecular complexity index is 1580. The zero-order valence-corrected chi connectivity index (χ0v) is 19.9. The summed E-state index contributed by atoms with van der Waals surface area (Å²) in [4.78, 5) is 28.6. The minimum absolute atomic E-state index is 0.0783. The first-order chi connectivity index (χ1) is 15.5. The van der Waals surface area contributed by atoms with Crippen molar-refractivity contribution in [2.45, 2.75) is 20.0 Å². The lowest BCUT2D eigenvalue weighted by molar-refractivity contribution is -0.673. The van der Waals surface area contributed by atoms with Crippen LogP contribution in [0, 0.1) is 9.20 Å². The van der Waals surface area contributed by atoms with Crippen LogP contribution in [0.2, 0.25) is 0 Å². The van der Waals surface area contributed by atoms with E-state index in [9.17, 15) is 9.59 Å². The fourth-order valence-electron chi connectivity index (χ4n) is 3.58. The van der Waals surface area contributed by atoms with E-state index in [-0.39, 0.29) is 11.1 Å². The summed E-state index contributed by atoms with van der Waals surface area (Å²) in [5, 5.41) is 0. The predicted octanol–water partition coefficient (Wildman–Crippen LogP) is 1.40. The highest BCUT2D eigenvalue weighted by molar-refractivity contribution is 7.11. The van der Waals surface area contributed by atoms with Gasteiger partial charge in [0.05, 0.1) is 5.70 Å². The molecule has 164 valence electrons. The molecule has 4 heterocycles. The number of aryl methyl sites for hydroxylation is 1. The Morgan fingerprint density at radius 3 is 2.56 bits per heavy atom. The van der Waals surface area contributed by atoms with Crippen LogP contribution >= 0.6 is 22.7 Å². The number of hydrogen-bond acceptors (Lipinski definition) is 5. The van der Waals surface area contributed by atoms with Crippen LogP contribution in [0.1, 0.15) is 12.6 Å². The van der Waals surface area contributed by atoms with Crippen LogP contribution in [-0.2, 0) is 20.1 Å². The van der Waals surface area contributed by atoms with Crippen LogP contribution in [0.5, 0.6) is 0 Å². The van der Waals surface area contributed by atoms with Gasteiger partial charge in [-0.2, -0.15) is 0 Å². The molecule has 8 heteroatoms. The van der Waals surface area contributed by atoms with E-state index in [2.05, 4.69) is 6.58 Å². The van der Waals surface area contributed by atoms with E-state index in [1.807, 2.05) is 85.4 Å². The largest absolute Gasteiger partial charge is 0.350 e. The monoisotopic (exact) mass is 465 g/mol.